The number of pyridine rings is 1. The first-order valence-corrected chi connectivity index (χ1v) is 10.1. The van der Waals surface area contributed by atoms with Crippen LogP contribution in [0.25, 0.3) is 22.2 Å². The molecule has 0 saturated carbocycles. The van der Waals surface area contributed by atoms with Crippen LogP contribution in [0, 0.1) is 6.92 Å². The zero-order chi connectivity index (χ0) is 21.8. The smallest absolute Gasteiger partial charge is 0.339 e. The Morgan fingerprint density at radius 1 is 0.968 bits per heavy atom. The van der Waals surface area contributed by atoms with Crippen molar-refractivity contribution >= 4 is 40.1 Å². The summed E-state index contributed by atoms with van der Waals surface area (Å²) in [4.78, 5) is 29.8. The van der Waals surface area contributed by atoms with Crippen LogP contribution in [0.3, 0.4) is 0 Å². The van der Waals surface area contributed by atoms with Crippen molar-refractivity contribution in [1.82, 2.24) is 4.98 Å². The van der Waals surface area contributed by atoms with Crippen molar-refractivity contribution in [2.45, 2.75) is 6.92 Å². The van der Waals surface area contributed by atoms with E-state index in [0.29, 0.717) is 32.9 Å². The van der Waals surface area contributed by atoms with E-state index in [2.05, 4.69) is 10.3 Å². The van der Waals surface area contributed by atoms with Gasteiger partial charge in [-0.3, -0.25) is 4.79 Å². The number of aryl methyl sites for hydroxylation is 1. The second-order valence-electron chi connectivity index (χ2n) is 7.03. The maximum absolute atomic E-state index is 12.8. The number of esters is 1. The minimum Gasteiger partial charge on any atom is -0.452 e. The molecule has 4 rings (SSSR count). The number of carbonyl (C=O) groups excluding carboxylic acids is 2. The highest BCUT2D eigenvalue weighted by Gasteiger charge is 2.16. The number of carbonyl (C=O) groups is 2. The molecule has 1 amide bonds. The Morgan fingerprint density at radius 2 is 1.71 bits per heavy atom. The number of hydrogen-bond acceptors (Lipinski definition) is 4. The molecule has 1 heterocycles. The van der Waals surface area contributed by atoms with Crippen LogP contribution in [0.5, 0.6) is 0 Å². The molecule has 0 aliphatic heterocycles. The number of halogens is 1. The molecule has 31 heavy (non-hydrogen) atoms. The molecular weight excluding hydrogens is 412 g/mol. The van der Waals surface area contributed by atoms with Crippen LogP contribution in [0.1, 0.15) is 15.9 Å². The summed E-state index contributed by atoms with van der Waals surface area (Å²) in [6, 6.07) is 23.8. The van der Waals surface area contributed by atoms with Crippen LogP contribution in [0.15, 0.2) is 78.9 Å². The zero-order valence-corrected chi connectivity index (χ0v) is 17.5. The molecule has 0 bridgehead atoms. The van der Waals surface area contributed by atoms with E-state index in [9.17, 15) is 9.59 Å². The summed E-state index contributed by atoms with van der Waals surface area (Å²) in [6.45, 7) is 1.46. The van der Waals surface area contributed by atoms with Crippen LogP contribution in [0.4, 0.5) is 5.69 Å². The minimum atomic E-state index is -0.590. The molecule has 1 aromatic heterocycles. The summed E-state index contributed by atoms with van der Waals surface area (Å²) < 4.78 is 5.30. The van der Waals surface area contributed by atoms with E-state index in [1.54, 1.807) is 24.3 Å². The largest absolute Gasteiger partial charge is 0.452 e. The van der Waals surface area contributed by atoms with E-state index in [1.165, 1.54) is 0 Å². The number of amides is 1. The zero-order valence-electron chi connectivity index (χ0n) is 16.8. The first-order chi connectivity index (χ1) is 15.0. The molecule has 0 spiro atoms. The maximum atomic E-state index is 12.8. The summed E-state index contributed by atoms with van der Waals surface area (Å²) >= 11 is 6.08. The summed E-state index contributed by atoms with van der Waals surface area (Å²) in [5.41, 5.74) is 4.02. The number of benzene rings is 3. The molecule has 1 N–H and O–H groups in total. The number of aromatic nitrogens is 1. The fourth-order valence-electron chi connectivity index (χ4n) is 3.18. The Hall–Kier alpha value is -3.70. The topological polar surface area (TPSA) is 68.3 Å². The summed E-state index contributed by atoms with van der Waals surface area (Å²) in [6.07, 6.45) is 0. The molecule has 0 radical (unpaired) electrons. The van der Waals surface area contributed by atoms with E-state index in [-0.39, 0.29) is 0 Å². The molecule has 0 aliphatic rings. The molecule has 0 fully saturated rings. The third-order valence-corrected chi connectivity index (χ3v) is 5.20. The summed E-state index contributed by atoms with van der Waals surface area (Å²) in [7, 11) is 0. The fourth-order valence-corrected chi connectivity index (χ4v) is 3.36. The van der Waals surface area contributed by atoms with Crippen LogP contribution < -0.4 is 5.32 Å². The van der Waals surface area contributed by atoms with Crippen LogP contribution in [0.2, 0.25) is 5.02 Å². The molecule has 4 aromatic rings. The molecule has 3 aromatic carbocycles. The van der Waals surface area contributed by atoms with Crippen molar-refractivity contribution in [2.75, 3.05) is 11.9 Å². The van der Waals surface area contributed by atoms with E-state index in [0.717, 1.165) is 11.1 Å². The predicted octanol–water partition coefficient (Wildman–Crippen LogP) is 5.66. The second kappa shape index (κ2) is 8.98. The van der Waals surface area contributed by atoms with Gasteiger partial charge < -0.3 is 10.1 Å². The third kappa shape index (κ3) is 4.73. The van der Waals surface area contributed by atoms with Crippen molar-refractivity contribution in [3.05, 3.63) is 95.0 Å². The van der Waals surface area contributed by atoms with E-state index >= 15 is 0 Å². The Bertz CT molecular complexity index is 1270. The quantitative estimate of drug-likeness (QED) is 0.415. The Labute approximate surface area is 184 Å². The highest BCUT2D eigenvalue weighted by atomic mass is 35.5. The monoisotopic (exact) mass is 430 g/mol. The van der Waals surface area contributed by atoms with Crippen molar-refractivity contribution in [3.63, 3.8) is 0 Å². The number of hydrogen-bond donors (Lipinski definition) is 1. The summed E-state index contributed by atoms with van der Waals surface area (Å²) in [5, 5.41) is 3.89. The van der Waals surface area contributed by atoms with Gasteiger partial charge in [-0.2, -0.15) is 0 Å². The van der Waals surface area contributed by atoms with E-state index < -0.39 is 18.5 Å². The number of fused-ring (bicyclic) bond motifs is 1. The first kappa shape index (κ1) is 20.6. The molecule has 154 valence electrons. The molecular formula is C25H19ClN2O3. The van der Waals surface area contributed by atoms with Crippen molar-refractivity contribution in [3.8, 4) is 11.3 Å². The highest BCUT2D eigenvalue weighted by Crippen LogP contribution is 2.25. The average molecular weight is 431 g/mol. The van der Waals surface area contributed by atoms with Gasteiger partial charge in [0.1, 0.15) is 0 Å². The molecule has 0 saturated heterocycles. The molecule has 0 atom stereocenters. The van der Waals surface area contributed by atoms with Crippen molar-refractivity contribution in [1.29, 1.82) is 0 Å². The second-order valence-corrected chi connectivity index (χ2v) is 7.43. The van der Waals surface area contributed by atoms with Crippen molar-refractivity contribution < 1.29 is 14.3 Å². The first-order valence-electron chi connectivity index (χ1n) is 9.69. The molecule has 6 heteroatoms. The van der Waals surface area contributed by atoms with Crippen LogP contribution in [-0.2, 0) is 9.53 Å². The maximum Gasteiger partial charge on any atom is 0.339 e. The van der Waals surface area contributed by atoms with Gasteiger partial charge in [0.05, 0.1) is 16.8 Å². The Morgan fingerprint density at radius 3 is 2.48 bits per heavy atom. The third-order valence-electron chi connectivity index (χ3n) is 4.80. The average Bonchev–Trinajstić information content (AvgIpc) is 2.79. The van der Waals surface area contributed by atoms with Crippen molar-refractivity contribution in [2.24, 2.45) is 0 Å². The number of nitrogens with zero attached hydrogens (tertiary/aromatic N) is 1. The lowest BCUT2D eigenvalue weighted by molar-refractivity contribution is -0.119. The molecule has 0 aliphatic carbocycles. The number of para-hydroxylation sites is 1. The van der Waals surface area contributed by atoms with Gasteiger partial charge in [0.15, 0.2) is 6.61 Å². The van der Waals surface area contributed by atoms with Crippen LogP contribution in [-0.4, -0.2) is 23.5 Å². The lowest BCUT2D eigenvalue weighted by Crippen LogP contribution is -2.21. The van der Waals surface area contributed by atoms with E-state index in [4.69, 9.17) is 16.3 Å². The van der Waals surface area contributed by atoms with Gasteiger partial charge in [-0.05, 0) is 36.8 Å². The number of nitrogens with one attached hydrogen (secondary N) is 1. The lowest BCUT2D eigenvalue weighted by Gasteiger charge is -2.11. The van der Waals surface area contributed by atoms with Gasteiger partial charge in [-0.1, -0.05) is 66.2 Å². The Balaban J connectivity index is 1.54. The van der Waals surface area contributed by atoms with Gasteiger partial charge in [0.25, 0.3) is 5.91 Å². The highest BCUT2D eigenvalue weighted by molar-refractivity contribution is 6.31. The van der Waals surface area contributed by atoms with Gasteiger partial charge >= 0.3 is 5.97 Å². The normalized spacial score (nSPS) is 10.6. The van der Waals surface area contributed by atoms with Gasteiger partial charge in [0.2, 0.25) is 0 Å². The van der Waals surface area contributed by atoms with Crippen LogP contribution >= 0.6 is 11.6 Å². The Kier molecular flexibility index (Phi) is 5.96. The minimum absolute atomic E-state index is 0.357. The van der Waals surface area contributed by atoms with Gasteiger partial charge in [-0.25, -0.2) is 9.78 Å². The molecule has 0 unspecified atom stereocenters. The van der Waals surface area contributed by atoms with Gasteiger partial charge in [-0.15, -0.1) is 0 Å². The molecule has 5 nitrogen and oxygen atoms in total. The van der Waals surface area contributed by atoms with Gasteiger partial charge in [0, 0.05) is 21.7 Å². The lowest BCUT2D eigenvalue weighted by atomic mass is 10.0. The number of ether oxygens (including phenoxy) is 1. The fraction of sp³-hybridized carbons (Fsp3) is 0.0800. The predicted molar refractivity (Wildman–Crippen MR) is 122 cm³/mol. The standard InChI is InChI=1S/C25H19ClN2O3/c1-16-11-12-18(13-21(16)26)27-24(29)15-31-25(30)20-14-23(17-7-3-2-4-8-17)28-22-10-6-5-9-19(20)22/h2-14H,15H2,1H3,(H,27,29). The summed E-state index contributed by atoms with van der Waals surface area (Å²) in [5.74, 6) is -1.04. The number of rotatable bonds is 5. The number of anilines is 1. The SMILES string of the molecule is Cc1ccc(NC(=O)COC(=O)c2cc(-c3ccccc3)nc3ccccc23)cc1Cl. The van der Waals surface area contributed by atoms with E-state index in [1.807, 2.05) is 61.5 Å².